The van der Waals surface area contributed by atoms with Gasteiger partial charge in [-0.15, -0.1) is 0 Å². The lowest BCUT2D eigenvalue weighted by molar-refractivity contribution is -0.115. The summed E-state index contributed by atoms with van der Waals surface area (Å²) in [5, 5.41) is 3.21. The van der Waals surface area contributed by atoms with Crippen LogP contribution in [0.5, 0.6) is 0 Å². The van der Waals surface area contributed by atoms with E-state index in [9.17, 15) is 13.2 Å². The van der Waals surface area contributed by atoms with Crippen LogP contribution in [0, 0.1) is 0 Å². The number of fused-ring (bicyclic) bond motifs is 3. The molecule has 3 aliphatic heterocycles. The average molecular weight is 361 g/mol. The molecule has 0 bridgehead atoms. The zero-order valence-corrected chi connectivity index (χ0v) is 14.9. The number of aliphatic imine (C=N–C) groups is 2. The first-order valence-corrected chi connectivity index (χ1v) is 10.1. The molecule has 1 fully saturated rings. The third-order valence-corrected chi connectivity index (χ3v) is 5.41. The van der Waals surface area contributed by atoms with Gasteiger partial charge < -0.3 is 15.1 Å². The normalized spacial score (nSPS) is 20.0. The van der Waals surface area contributed by atoms with Gasteiger partial charge in [0.2, 0.25) is 0 Å². The highest BCUT2D eigenvalue weighted by atomic mass is 32.2. The minimum absolute atomic E-state index is 0.0406. The second-order valence-electron chi connectivity index (χ2n) is 6.63. The lowest BCUT2D eigenvalue weighted by atomic mass is 10.1. The fourth-order valence-corrected chi connectivity index (χ4v) is 4.06. The van der Waals surface area contributed by atoms with Crippen molar-refractivity contribution in [3.05, 3.63) is 23.8 Å². The summed E-state index contributed by atoms with van der Waals surface area (Å²) < 4.78 is 23.1. The molecule has 3 heterocycles. The van der Waals surface area contributed by atoms with E-state index >= 15 is 0 Å². The van der Waals surface area contributed by atoms with Gasteiger partial charge in [-0.2, -0.15) is 4.99 Å². The quantitative estimate of drug-likeness (QED) is 0.809. The topological polar surface area (TPSA) is 94.4 Å². The van der Waals surface area contributed by atoms with Crippen molar-refractivity contribution in [3.8, 4) is 0 Å². The van der Waals surface area contributed by atoms with E-state index in [4.69, 9.17) is 4.99 Å². The summed E-state index contributed by atoms with van der Waals surface area (Å²) in [5.41, 5.74) is 2.15. The largest absolute Gasteiger partial charge is 0.350 e. The Morgan fingerprint density at radius 1 is 1.24 bits per heavy atom. The van der Waals surface area contributed by atoms with Crippen LogP contribution >= 0.6 is 0 Å². The van der Waals surface area contributed by atoms with Gasteiger partial charge in [-0.1, -0.05) is 6.07 Å². The van der Waals surface area contributed by atoms with Crippen molar-refractivity contribution in [2.24, 2.45) is 9.98 Å². The maximum atomic E-state index is 11.9. The summed E-state index contributed by atoms with van der Waals surface area (Å²) in [4.78, 5) is 24.7. The zero-order chi connectivity index (χ0) is 17.8. The van der Waals surface area contributed by atoms with Crippen LogP contribution in [0.3, 0.4) is 0 Å². The van der Waals surface area contributed by atoms with Gasteiger partial charge in [0.25, 0.3) is 5.91 Å². The maximum absolute atomic E-state index is 11.9. The Morgan fingerprint density at radius 3 is 2.68 bits per heavy atom. The maximum Gasteiger partial charge on any atom is 0.267 e. The highest BCUT2D eigenvalue weighted by Gasteiger charge is 2.39. The molecule has 8 nitrogen and oxygen atoms in total. The van der Waals surface area contributed by atoms with Crippen molar-refractivity contribution in [3.63, 3.8) is 0 Å². The molecule has 1 saturated heterocycles. The molecule has 0 saturated carbocycles. The number of hydrogen-bond acceptors (Lipinski definition) is 7. The number of carbonyl (C=O) groups excluding carboxylic acids is 1. The number of hydrogen-bond donors (Lipinski definition) is 1. The SMILES string of the molecule is CNC1CN(C2=Nc3ccc(CS(C)(=O)=O)cc3N3CC(=O)N=C23)C1. The number of carbonyl (C=O) groups is 1. The molecule has 132 valence electrons. The first-order valence-electron chi connectivity index (χ1n) is 8.05. The number of anilines is 1. The molecule has 0 aromatic heterocycles. The number of nitrogens with zero attached hydrogens (tertiary/aromatic N) is 4. The summed E-state index contributed by atoms with van der Waals surface area (Å²) in [6.07, 6.45) is 1.21. The molecule has 1 amide bonds. The van der Waals surface area contributed by atoms with Crippen LogP contribution < -0.4 is 10.2 Å². The average Bonchev–Trinajstić information content (AvgIpc) is 2.87. The minimum atomic E-state index is -3.13. The molecule has 25 heavy (non-hydrogen) atoms. The third-order valence-electron chi connectivity index (χ3n) is 4.55. The van der Waals surface area contributed by atoms with E-state index in [0.29, 0.717) is 23.3 Å². The van der Waals surface area contributed by atoms with Gasteiger partial charge in [0.05, 0.1) is 17.1 Å². The van der Waals surface area contributed by atoms with Crippen LogP contribution in [0.2, 0.25) is 0 Å². The summed E-state index contributed by atoms with van der Waals surface area (Å²) in [5.74, 6) is 1.01. The number of likely N-dealkylation sites (N-methyl/N-ethyl adjacent to an activating group) is 1. The van der Waals surface area contributed by atoms with Gasteiger partial charge in [0.15, 0.2) is 21.5 Å². The van der Waals surface area contributed by atoms with Crippen molar-refractivity contribution < 1.29 is 13.2 Å². The van der Waals surface area contributed by atoms with Crippen LogP contribution in [0.15, 0.2) is 28.2 Å². The van der Waals surface area contributed by atoms with Crippen molar-refractivity contribution in [2.45, 2.75) is 11.8 Å². The van der Waals surface area contributed by atoms with Crippen LogP contribution in [0.25, 0.3) is 0 Å². The smallest absolute Gasteiger partial charge is 0.267 e. The van der Waals surface area contributed by atoms with Gasteiger partial charge in [-0.25, -0.2) is 13.4 Å². The number of amides is 1. The number of benzene rings is 1. The summed E-state index contributed by atoms with van der Waals surface area (Å²) >= 11 is 0. The molecule has 4 rings (SSSR count). The molecule has 0 radical (unpaired) electrons. The number of nitrogens with one attached hydrogen (secondary N) is 1. The minimum Gasteiger partial charge on any atom is -0.350 e. The van der Waals surface area contributed by atoms with Gasteiger partial charge in [0, 0.05) is 25.4 Å². The predicted octanol–water partition coefficient (Wildman–Crippen LogP) is -0.0765. The molecule has 0 unspecified atom stereocenters. The van der Waals surface area contributed by atoms with Crippen LogP contribution in [0.1, 0.15) is 5.56 Å². The van der Waals surface area contributed by atoms with Gasteiger partial charge in [-0.05, 0) is 24.7 Å². The Morgan fingerprint density at radius 2 is 2.00 bits per heavy atom. The lowest BCUT2D eigenvalue weighted by Gasteiger charge is -2.43. The van der Waals surface area contributed by atoms with Gasteiger partial charge in [-0.3, -0.25) is 4.79 Å². The first kappa shape index (κ1) is 16.2. The van der Waals surface area contributed by atoms with E-state index in [-0.39, 0.29) is 18.2 Å². The zero-order valence-electron chi connectivity index (χ0n) is 14.1. The fourth-order valence-electron chi connectivity index (χ4n) is 3.28. The van der Waals surface area contributed by atoms with E-state index in [2.05, 4.69) is 15.2 Å². The molecule has 1 aromatic rings. The number of likely N-dealkylation sites (tertiary alicyclic amines) is 1. The van der Waals surface area contributed by atoms with Crippen molar-refractivity contribution in [1.29, 1.82) is 0 Å². The van der Waals surface area contributed by atoms with E-state index in [1.165, 1.54) is 6.26 Å². The molecule has 0 aliphatic carbocycles. The lowest BCUT2D eigenvalue weighted by Crippen LogP contribution is -2.62. The number of sulfone groups is 1. The van der Waals surface area contributed by atoms with Crippen molar-refractivity contribution in [1.82, 2.24) is 10.2 Å². The molecular formula is C16H19N5O3S. The highest BCUT2D eigenvalue weighted by molar-refractivity contribution is 7.89. The number of amidine groups is 2. The highest BCUT2D eigenvalue weighted by Crippen LogP contribution is 2.37. The molecule has 3 aliphatic rings. The molecule has 1 aromatic carbocycles. The van der Waals surface area contributed by atoms with E-state index in [1.807, 2.05) is 18.0 Å². The summed E-state index contributed by atoms with van der Waals surface area (Å²) in [6, 6.07) is 5.78. The number of rotatable bonds is 3. The van der Waals surface area contributed by atoms with Crippen molar-refractivity contribution >= 4 is 38.8 Å². The third kappa shape index (κ3) is 2.93. The van der Waals surface area contributed by atoms with Crippen LogP contribution in [0.4, 0.5) is 11.4 Å². The van der Waals surface area contributed by atoms with E-state index in [0.717, 1.165) is 24.5 Å². The summed E-state index contributed by atoms with van der Waals surface area (Å²) in [7, 11) is -1.21. The second-order valence-corrected chi connectivity index (χ2v) is 8.77. The molecule has 0 spiro atoms. The molecular weight excluding hydrogens is 342 g/mol. The van der Waals surface area contributed by atoms with Gasteiger partial charge in [0.1, 0.15) is 6.54 Å². The molecule has 0 atom stereocenters. The van der Waals surface area contributed by atoms with Crippen LogP contribution in [-0.4, -0.2) is 69.9 Å². The molecule has 9 heteroatoms. The Bertz CT molecular complexity index is 916. The van der Waals surface area contributed by atoms with Gasteiger partial charge >= 0.3 is 0 Å². The summed E-state index contributed by atoms with van der Waals surface area (Å²) in [6.45, 7) is 1.79. The standard InChI is InChI=1S/C16H19N5O3S/c1-17-11-6-20(7-11)15-16-19-14(22)8-21(16)13-5-10(9-25(2,23)24)3-4-12(13)18-15/h3-5,11,17H,6-9H2,1-2H3. The van der Waals surface area contributed by atoms with E-state index in [1.54, 1.807) is 12.1 Å². The Hall–Kier alpha value is -2.26. The first-order chi connectivity index (χ1) is 11.8. The monoisotopic (exact) mass is 361 g/mol. The second kappa shape index (κ2) is 5.63. The van der Waals surface area contributed by atoms with Crippen LogP contribution in [-0.2, 0) is 20.4 Å². The molecule has 1 N–H and O–H groups in total. The Kier molecular flexibility index (Phi) is 3.66. The fraction of sp³-hybridized carbons (Fsp3) is 0.438. The van der Waals surface area contributed by atoms with Crippen molar-refractivity contribution in [2.75, 3.05) is 37.8 Å². The Labute approximate surface area is 146 Å². The Balaban J connectivity index is 1.73. The predicted molar refractivity (Wildman–Crippen MR) is 96.3 cm³/mol. The van der Waals surface area contributed by atoms with E-state index < -0.39 is 9.84 Å².